The molecule has 0 radical (unpaired) electrons. The molecular formula is C73H130O6. The molecule has 1 unspecified atom stereocenters. The first-order chi connectivity index (χ1) is 39.0. The predicted molar refractivity (Wildman–Crippen MR) is 344 cm³/mol. The van der Waals surface area contributed by atoms with E-state index in [9.17, 15) is 14.4 Å². The fourth-order valence-electron chi connectivity index (χ4n) is 10.1. The van der Waals surface area contributed by atoms with Gasteiger partial charge in [0.1, 0.15) is 13.2 Å². The van der Waals surface area contributed by atoms with E-state index < -0.39 is 6.10 Å². The van der Waals surface area contributed by atoms with Crippen LogP contribution in [0, 0.1) is 0 Å². The first-order valence-corrected chi connectivity index (χ1v) is 34.4. The summed E-state index contributed by atoms with van der Waals surface area (Å²) in [6, 6.07) is 0. The van der Waals surface area contributed by atoms with Gasteiger partial charge in [-0.2, -0.15) is 0 Å². The molecule has 0 aromatic heterocycles. The summed E-state index contributed by atoms with van der Waals surface area (Å²) >= 11 is 0. The summed E-state index contributed by atoms with van der Waals surface area (Å²) in [5.41, 5.74) is 0. The fourth-order valence-corrected chi connectivity index (χ4v) is 10.1. The predicted octanol–water partition coefficient (Wildman–Crippen LogP) is 23.7. The van der Waals surface area contributed by atoms with Gasteiger partial charge in [0, 0.05) is 19.3 Å². The molecule has 0 N–H and O–H groups in total. The van der Waals surface area contributed by atoms with Gasteiger partial charge in [-0.25, -0.2) is 0 Å². The molecule has 0 heterocycles. The second-order valence-corrected chi connectivity index (χ2v) is 23.1. The summed E-state index contributed by atoms with van der Waals surface area (Å²) in [6.07, 6.45) is 87.9. The second-order valence-electron chi connectivity index (χ2n) is 23.1. The Morgan fingerprint density at radius 1 is 0.266 bits per heavy atom. The van der Waals surface area contributed by atoms with Crippen molar-refractivity contribution in [3.63, 3.8) is 0 Å². The molecule has 0 aromatic rings. The summed E-state index contributed by atoms with van der Waals surface area (Å²) in [6.45, 7) is 6.56. The molecule has 0 aromatic carbocycles. The first-order valence-electron chi connectivity index (χ1n) is 34.4. The summed E-state index contributed by atoms with van der Waals surface area (Å²) in [7, 11) is 0. The van der Waals surface area contributed by atoms with E-state index in [0.29, 0.717) is 19.3 Å². The Hall–Kier alpha value is -3.15. The molecule has 0 aliphatic carbocycles. The molecule has 79 heavy (non-hydrogen) atoms. The van der Waals surface area contributed by atoms with Gasteiger partial charge in [-0.3, -0.25) is 14.4 Å². The van der Waals surface area contributed by atoms with E-state index in [4.69, 9.17) is 14.2 Å². The second kappa shape index (κ2) is 67.4. The lowest BCUT2D eigenvalue weighted by molar-refractivity contribution is -0.167. The average molecular weight is 1100 g/mol. The van der Waals surface area contributed by atoms with Gasteiger partial charge in [-0.05, 0) is 70.6 Å². The van der Waals surface area contributed by atoms with Crippen molar-refractivity contribution in [1.82, 2.24) is 0 Å². The largest absolute Gasteiger partial charge is 0.462 e. The number of carbonyl (C=O) groups excluding carboxylic acids is 3. The van der Waals surface area contributed by atoms with Gasteiger partial charge in [0.05, 0.1) is 0 Å². The first kappa shape index (κ1) is 75.8. The van der Waals surface area contributed by atoms with Crippen LogP contribution >= 0.6 is 0 Å². The zero-order chi connectivity index (χ0) is 57.1. The SMILES string of the molecule is CC/C=C\C/C=C\C/C=C\C/C=C\C/C=C\C/C=C\CCCCCCCCCCCCC(=O)OCC(COC(=O)CCCCCCCCCCC)OC(=O)CCCCCCCCCCCCCCCCCCCCCCCCC. The highest BCUT2D eigenvalue weighted by atomic mass is 16.6. The van der Waals surface area contributed by atoms with E-state index in [0.717, 1.165) is 96.3 Å². The van der Waals surface area contributed by atoms with Gasteiger partial charge in [-0.15, -0.1) is 0 Å². The maximum absolute atomic E-state index is 12.9. The third-order valence-corrected chi connectivity index (χ3v) is 15.2. The molecule has 0 spiro atoms. The van der Waals surface area contributed by atoms with Crippen LogP contribution < -0.4 is 0 Å². The van der Waals surface area contributed by atoms with E-state index in [1.165, 1.54) is 218 Å². The Kier molecular flexibility index (Phi) is 64.7. The molecule has 1 atom stereocenters. The van der Waals surface area contributed by atoms with Gasteiger partial charge < -0.3 is 14.2 Å². The minimum Gasteiger partial charge on any atom is -0.462 e. The molecule has 458 valence electrons. The van der Waals surface area contributed by atoms with Crippen molar-refractivity contribution in [3.05, 3.63) is 72.9 Å². The van der Waals surface area contributed by atoms with Crippen molar-refractivity contribution in [1.29, 1.82) is 0 Å². The van der Waals surface area contributed by atoms with Crippen LogP contribution in [0.15, 0.2) is 72.9 Å². The van der Waals surface area contributed by atoms with Crippen molar-refractivity contribution in [2.45, 2.75) is 361 Å². The quantitative estimate of drug-likeness (QED) is 0.0261. The molecule has 0 saturated heterocycles. The normalized spacial score (nSPS) is 12.5. The zero-order valence-electron chi connectivity index (χ0n) is 52.6. The average Bonchev–Trinajstić information content (AvgIpc) is 3.45. The highest BCUT2D eigenvalue weighted by Crippen LogP contribution is 2.18. The molecule has 0 fully saturated rings. The standard InChI is InChI=1S/C73H130O6/c1-4-7-10-13-16-19-21-23-25-27-29-31-33-34-35-36-37-38-40-41-43-45-47-49-51-54-57-60-63-66-72(75)78-69-70(68-77-71(74)65-62-59-56-53-18-15-12-9-6-3)79-73(76)67-64-61-58-55-52-50-48-46-44-42-39-32-30-28-26-24-22-20-17-14-11-8-5-2/h7,10,16,19,23,25,29,31,34-35,37-38,70H,4-6,8-9,11-15,17-18,20-22,24,26-28,30,32-33,36,39-69H2,1-3H3/b10-7-,19-16-,25-23-,31-29-,35-34-,38-37-. The van der Waals surface area contributed by atoms with E-state index >= 15 is 0 Å². The van der Waals surface area contributed by atoms with Gasteiger partial charge in [0.15, 0.2) is 6.10 Å². The summed E-state index contributed by atoms with van der Waals surface area (Å²) < 4.78 is 16.9. The lowest BCUT2D eigenvalue weighted by Gasteiger charge is -2.18. The van der Waals surface area contributed by atoms with Crippen LogP contribution in [0.2, 0.25) is 0 Å². The molecule has 0 rings (SSSR count). The monoisotopic (exact) mass is 1100 g/mol. The van der Waals surface area contributed by atoms with Crippen molar-refractivity contribution in [2.24, 2.45) is 0 Å². The van der Waals surface area contributed by atoms with Gasteiger partial charge >= 0.3 is 17.9 Å². The summed E-state index contributed by atoms with van der Waals surface area (Å²) in [5.74, 6) is -0.858. The van der Waals surface area contributed by atoms with Gasteiger partial charge in [0.25, 0.3) is 0 Å². The Morgan fingerprint density at radius 3 is 0.772 bits per heavy atom. The lowest BCUT2D eigenvalue weighted by Crippen LogP contribution is -2.30. The van der Waals surface area contributed by atoms with E-state index in [2.05, 4.69) is 93.7 Å². The molecule has 0 bridgehead atoms. The highest BCUT2D eigenvalue weighted by Gasteiger charge is 2.19. The lowest BCUT2D eigenvalue weighted by atomic mass is 10.0. The number of unbranched alkanes of at least 4 members (excludes halogenated alkanes) is 40. The minimum absolute atomic E-state index is 0.0713. The van der Waals surface area contributed by atoms with E-state index in [1.807, 2.05) is 0 Å². The third-order valence-electron chi connectivity index (χ3n) is 15.2. The van der Waals surface area contributed by atoms with Crippen molar-refractivity contribution >= 4 is 17.9 Å². The van der Waals surface area contributed by atoms with E-state index in [-0.39, 0.29) is 31.1 Å². The Morgan fingerprint density at radius 2 is 0.494 bits per heavy atom. The fraction of sp³-hybridized carbons (Fsp3) is 0.795. The summed E-state index contributed by atoms with van der Waals surface area (Å²) in [4.78, 5) is 38.3. The van der Waals surface area contributed by atoms with Crippen molar-refractivity contribution in [2.75, 3.05) is 13.2 Å². The number of rotatable bonds is 63. The van der Waals surface area contributed by atoms with Crippen LogP contribution in [0.3, 0.4) is 0 Å². The number of hydrogen-bond acceptors (Lipinski definition) is 6. The van der Waals surface area contributed by atoms with Gasteiger partial charge in [-0.1, -0.05) is 338 Å². The zero-order valence-corrected chi connectivity index (χ0v) is 52.6. The Labute approximate surface area is 491 Å². The molecular weight excluding hydrogens is 973 g/mol. The number of esters is 3. The third kappa shape index (κ3) is 65.5. The molecule has 0 amide bonds. The maximum Gasteiger partial charge on any atom is 0.306 e. The minimum atomic E-state index is -0.773. The van der Waals surface area contributed by atoms with Crippen LogP contribution in [0.25, 0.3) is 0 Å². The number of ether oxygens (including phenoxy) is 3. The number of carbonyl (C=O) groups is 3. The molecule has 6 heteroatoms. The molecule has 6 nitrogen and oxygen atoms in total. The van der Waals surface area contributed by atoms with Crippen molar-refractivity contribution in [3.8, 4) is 0 Å². The van der Waals surface area contributed by atoms with Crippen LogP contribution in [-0.2, 0) is 28.6 Å². The maximum atomic E-state index is 12.9. The van der Waals surface area contributed by atoms with Crippen molar-refractivity contribution < 1.29 is 28.6 Å². The molecule has 0 aliphatic rings. The summed E-state index contributed by atoms with van der Waals surface area (Å²) in [5, 5.41) is 0. The smallest absolute Gasteiger partial charge is 0.306 e. The Bertz CT molecular complexity index is 1450. The van der Waals surface area contributed by atoms with Crippen LogP contribution in [0.1, 0.15) is 355 Å². The number of hydrogen-bond donors (Lipinski definition) is 0. The Balaban J connectivity index is 4.16. The van der Waals surface area contributed by atoms with Crippen LogP contribution in [0.4, 0.5) is 0 Å². The highest BCUT2D eigenvalue weighted by molar-refractivity contribution is 5.71. The molecule has 0 saturated carbocycles. The topological polar surface area (TPSA) is 78.9 Å². The van der Waals surface area contributed by atoms with Gasteiger partial charge in [0.2, 0.25) is 0 Å². The number of allylic oxidation sites excluding steroid dienone is 12. The molecule has 0 aliphatic heterocycles. The van der Waals surface area contributed by atoms with Crippen LogP contribution in [-0.4, -0.2) is 37.2 Å². The van der Waals surface area contributed by atoms with E-state index in [1.54, 1.807) is 0 Å². The van der Waals surface area contributed by atoms with Crippen LogP contribution in [0.5, 0.6) is 0 Å².